The van der Waals surface area contributed by atoms with Gasteiger partial charge in [-0.25, -0.2) is 4.79 Å². The Morgan fingerprint density at radius 2 is 1.81 bits per heavy atom. The largest absolute Gasteiger partial charge is 0.338 e. The number of carbonyl (C=O) groups excluding carboxylic acids is 1. The molecule has 0 aliphatic carbocycles. The number of nitrogens with zero attached hydrogens (tertiary/aromatic N) is 1. The van der Waals surface area contributed by atoms with Gasteiger partial charge in [-0.15, -0.1) is 0 Å². The zero-order valence-electron chi connectivity index (χ0n) is 14.5. The van der Waals surface area contributed by atoms with Crippen molar-refractivity contribution in [2.24, 2.45) is 0 Å². The van der Waals surface area contributed by atoms with Gasteiger partial charge in [-0.2, -0.15) is 0 Å². The first kappa shape index (κ1) is 18.0. The van der Waals surface area contributed by atoms with Crippen LogP contribution in [-0.4, -0.2) is 17.6 Å². The van der Waals surface area contributed by atoms with E-state index in [2.05, 4.69) is 15.6 Å². The summed E-state index contributed by atoms with van der Waals surface area (Å²) in [6.45, 7) is 2.48. The van der Waals surface area contributed by atoms with Crippen molar-refractivity contribution >= 4 is 23.3 Å². The van der Waals surface area contributed by atoms with Gasteiger partial charge in [-0.05, 0) is 60.4 Å². The number of aryl methyl sites for hydroxylation is 1. The number of halogens is 1. The minimum atomic E-state index is -0.232. The number of carbonyl (C=O) groups is 1. The van der Waals surface area contributed by atoms with Gasteiger partial charge in [0.15, 0.2) is 0 Å². The van der Waals surface area contributed by atoms with Crippen molar-refractivity contribution < 1.29 is 4.79 Å². The molecular formula is C21H20ClN3O. The van der Waals surface area contributed by atoms with E-state index in [9.17, 15) is 4.79 Å². The molecule has 0 fully saturated rings. The Balaban J connectivity index is 1.52. The molecule has 26 heavy (non-hydrogen) atoms. The molecule has 0 aliphatic heterocycles. The first-order valence-electron chi connectivity index (χ1n) is 8.43. The van der Waals surface area contributed by atoms with E-state index in [0.29, 0.717) is 13.0 Å². The van der Waals surface area contributed by atoms with Gasteiger partial charge in [-0.3, -0.25) is 4.98 Å². The molecule has 0 saturated carbocycles. The molecular weight excluding hydrogens is 346 g/mol. The second-order valence-electron chi connectivity index (χ2n) is 5.99. The minimum Gasteiger partial charge on any atom is -0.338 e. The predicted molar refractivity (Wildman–Crippen MR) is 107 cm³/mol. The fourth-order valence-electron chi connectivity index (χ4n) is 2.66. The summed E-state index contributed by atoms with van der Waals surface area (Å²) in [6, 6.07) is 19.1. The molecule has 0 atom stereocenters. The van der Waals surface area contributed by atoms with Crippen LogP contribution in [0.15, 0.2) is 66.9 Å². The predicted octanol–water partition coefficient (Wildman–Crippen LogP) is 5.07. The molecule has 3 rings (SSSR count). The fraction of sp³-hybridized carbons (Fsp3) is 0.143. The number of rotatable bonds is 5. The lowest BCUT2D eigenvalue weighted by Gasteiger charge is -2.09. The molecule has 3 aromatic rings. The molecule has 0 unspecified atom stereocenters. The quantitative estimate of drug-likeness (QED) is 0.662. The van der Waals surface area contributed by atoms with Crippen LogP contribution in [0.25, 0.3) is 11.1 Å². The maximum absolute atomic E-state index is 12.0. The molecule has 1 heterocycles. The number of nitrogens with one attached hydrogen (secondary N) is 2. The van der Waals surface area contributed by atoms with E-state index >= 15 is 0 Å². The van der Waals surface area contributed by atoms with Gasteiger partial charge < -0.3 is 10.6 Å². The van der Waals surface area contributed by atoms with Crippen LogP contribution in [0.1, 0.15) is 11.3 Å². The van der Waals surface area contributed by atoms with Gasteiger partial charge >= 0.3 is 6.03 Å². The van der Waals surface area contributed by atoms with Crippen LogP contribution in [-0.2, 0) is 6.42 Å². The van der Waals surface area contributed by atoms with E-state index < -0.39 is 0 Å². The fourth-order valence-corrected chi connectivity index (χ4v) is 2.89. The SMILES string of the molecule is Cc1cc(-c2ccc(NC(=O)NCCc3ccccc3Cl)cc2)ccn1. The third kappa shape index (κ3) is 4.83. The highest BCUT2D eigenvalue weighted by Crippen LogP contribution is 2.21. The Kier molecular flexibility index (Phi) is 5.87. The molecule has 2 amide bonds. The van der Waals surface area contributed by atoms with Crippen molar-refractivity contribution in [3.05, 3.63) is 83.1 Å². The van der Waals surface area contributed by atoms with E-state index in [4.69, 9.17) is 11.6 Å². The molecule has 5 heteroatoms. The Labute approximate surface area is 158 Å². The summed E-state index contributed by atoms with van der Waals surface area (Å²) >= 11 is 6.11. The van der Waals surface area contributed by atoms with E-state index in [0.717, 1.165) is 33.1 Å². The standard InChI is InChI=1S/C21H20ClN3O/c1-15-14-18(11-12-23-15)16-6-8-19(9-7-16)25-21(26)24-13-10-17-4-2-3-5-20(17)22/h2-9,11-12,14H,10,13H2,1H3,(H2,24,25,26). The van der Waals surface area contributed by atoms with E-state index in [1.54, 1.807) is 6.20 Å². The summed E-state index contributed by atoms with van der Waals surface area (Å²) in [5.74, 6) is 0. The maximum Gasteiger partial charge on any atom is 0.319 e. The number of hydrogen-bond acceptors (Lipinski definition) is 2. The molecule has 132 valence electrons. The molecule has 0 spiro atoms. The first-order valence-corrected chi connectivity index (χ1v) is 8.81. The summed E-state index contributed by atoms with van der Waals surface area (Å²) in [6.07, 6.45) is 2.48. The summed E-state index contributed by atoms with van der Waals surface area (Å²) in [4.78, 5) is 16.2. The molecule has 0 bridgehead atoms. The zero-order chi connectivity index (χ0) is 18.4. The molecule has 0 saturated heterocycles. The van der Waals surface area contributed by atoms with E-state index in [1.807, 2.05) is 67.6 Å². The second-order valence-corrected chi connectivity index (χ2v) is 6.39. The van der Waals surface area contributed by atoms with Crippen molar-refractivity contribution in [2.45, 2.75) is 13.3 Å². The number of hydrogen-bond donors (Lipinski definition) is 2. The van der Waals surface area contributed by atoms with Gasteiger partial charge in [0, 0.05) is 29.1 Å². The lowest BCUT2D eigenvalue weighted by Crippen LogP contribution is -2.30. The van der Waals surface area contributed by atoms with Crippen LogP contribution in [0.3, 0.4) is 0 Å². The highest BCUT2D eigenvalue weighted by Gasteiger charge is 2.04. The Bertz CT molecular complexity index is 894. The average Bonchev–Trinajstić information content (AvgIpc) is 2.64. The summed E-state index contributed by atoms with van der Waals surface area (Å²) in [5, 5.41) is 6.40. The van der Waals surface area contributed by atoms with Crippen LogP contribution in [0, 0.1) is 6.92 Å². The Morgan fingerprint density at radius 3 is 2.54 bits per heavy atom. The third-order valence-electron chi connectivity index (χ3n) is 4.01. The van der Waals surface area contributed by atoms with Crippen molar-refractivity contribution in [1.82, 2.24) is 10.3 Å². The minimum absolute atomic E-state index is 0.232. The number of benzene rings is 2. The lowest BCUT2D eigenvalue weighted by atomic mass is 10.1. The topological polar surface area (TPSA) is 54.0 Å². The van der Waals surface area contributed by atoms with Crippen molar-refractivity contribution in [3.8, 4) is 11.1 Å². The molecule has 0 aliphatic rings. The maximum atomic E-state index is 12.0. The molecule has 0 radical (unpaired) electrons. The lowest BCUT2D eigenvalue weighted by molar-refractivity contribution is 0.252. The van der Waals surface area contributed by atoms with Crippen LogP contribution in [0.2, 0.25) is 5.02 Å². The highest BCUT2D eigenvalue weighted by atomic mass is 35.5. The zero-order valence-corrected chi connectivity index (χ0v) is 15.3. The van der Waals surface area contributed by atoms with Crippen LogP contribution in [0.4, 0.5) is 10.5 Å². The van der Waals surface area contributed by atoms with Gasteiger partial charge in [0.25, 0.3) is 0 Å². The summed E-state index contributed by atoms with van der Waals surface area (Å²) in [5.41, 5.74) is 4.93. The smallest absolute Gasteiger partial charge is 0.319 e. The van der Waals surface area contributed by atoms with Gasteiger partial charge in [0.05, 0.1) is 0 Å². The number of pyridine rings is 1. The number of aromatic nitrogens is 1. The molecule has 1 aromatic heterocycles. The summed E-state index contributed by atoms with van der Waals surface area (Å²) in [7, 11) is 0. The van der Waals surface area contributed by atoms with Crippen LogP contribution < -0.4 is 10.6 Å². The second kappa shape index (κ2) is 8.50. The van der Waals surface area contributed by atoms with E-state index in [-0.39, 0.29) is 6.03 Å². The Hall–Kier alpha value is -2.85. The van der Waals surface area contributed by atoms with Gasteiger partial charge in [0.2, 0.25) is 0 Å². The van der Waals surface area contributed by atoms with Gasteiger partial charge in [-0.1, -0.05) is 41.9 Å². The van der Waals surface area contributed by atoms with Crippen LogP contribution >= 0.6 is 11.6 Å². The van der Waals surface area contributed by atoms with Crippen LogP contribution in [0.5, 0.6) is 0 Å². The van der Waals surface area contributed by atoms with Crippen molar-refractivity contribution in [1.29, 1.82) is 0 Å². The van der Waals surface area contributed by atoms with Crippen molar-refractivity contribution in [2.75, 3.05) is 11.9 Å². The van der Waals surface area contributed by atoms with Gasteiger partial charge in [0.1, 0.15) is 0 Å². The summed E-state index contributed by atoms with van der Waals surface area (Å²) < 4.78 is 0. The van der Waals surface area contributed by atoms with Crippen molar-refractivity contribution in [3.63, 3.8) is 0 Å². The number of anilines is 1. The normalized spacial score (nSPS) is 10.4. The number of amides is 2. The third-order valence-corrected chi connectivity index (χ3v) is 4.38. The first-order chi connectivity index (χ1) is 12.6. The number of urea groups is 1. The molecule has 2 aromatic carbocycles. The monoisotopic (exact) mass is 365 g/mol. The molecule has 2 N–H and O–H groups in total. The highest BCUT2D eigenvalue weighted by molar-refractivity contribution is 6.31. The molecule has 4 nitrogen and oxygen atoms in total. The van der Waals surface area contributed by atoms with E-state index in [1.165, 1.54) is 0 Å². The average molecular weight is 366 g/mol. The Morgan fingerprint density at radius 1 is 1.04 bits per heavy atom.